The van der Waals surface area contributed by atoms with Crippen LogP contribution in [0.25, 0.3) is 0 Å². The van der Waals surface area contributed by atoms with Crippen LogP contribution in [0.5, 0.6) is 0 Å². The summed E-state index contributed by atoms with van der Waals surface area (Å²) in [5.74, 6) is 0. The van der Waals surface area contributed by atoms with Gasteiger partial charge in [-0.15, -0.1) is 0 Å². The molecule has 4 aromatic rings. The first-order valence-electron chi connectivity index (χ1n) is 12.2. The van der Waals surface area contributed by atoms with Gasteiger partial charge in [0.25, 0.3) is 0 Å². The van der Waals surface area contributed by atoms with E-state index in [1.54, 1.807) is 21.2 Å². The first-order chi connectivity index (χ1) is 16.0. The molecule has 0 saturated carbocycles. The van der Waals surface area contributed by atoms with Crippen LogP contribution < -0.4 is 21.2 Å². The summed E-state index contributed by atoms with van der Waals surface area (Å²) in [7, 11) is 1.31. The maximum atomic E-state index is 2.58. The summed E-state index contributed by atoms with van der Waals surface area (Å²) in [5.41, 5.74) is 1.24. The topological polar surface area (TPSA) is 0 Å². The minimum atomic E-state index is -1.93. The van der Waals surface area contributed by atoms with E-state index in [2.05, 4.69) is 150 Å². The Labute approximate surface area is 203 Å². The molecule has 168 valence electrons. The third-order valence-electron chi connectivity index (χ3n) is 8.17. The molecule has 0 radical (unpaired) electrons. The molecule has 4 aromatic carbocycles. The summed E-state index contributed by atoms with van der Waals surface area (Å²) in [5, 5.41) is 6.16. The van der Waals surface area contributed by atoms with Crippen LogP contribution in [0.3, 0.4) is 0 Å². The summed E-state index contributed by atoms with van der Waals surface area (Å²) in [4.78, 5) is 0. The Morgan fingerprint density at radius 3 is 0.879 bits per heavy atom. The number of rotatable bonds is 8. The Hall–Kier alpha value is -2.13. The molecule has 0 aromatic heterocycles. The van der Waals surface area contributed by atoms with Crippen LogP contribution in [0, 0.1) is 0 Å². The quantitative estimate of drug-likeness (QED) is 0.271. The number of hydrogen-bond donors (Lipinski definition) is 0. The molecule has 0 fully saturated rings. The van der Waals surface area contributed by atoms with Gasteiger partial charge in [-0.25, -0.2) is 0 Å². The van der Waals surface area contributed by atoms with E-state index in [4.69, 9.17) is 0 Å². The predicted molar refractivity (Wildman–Crippen MR) is 162 cm³/mol. The predicted octanol–water partition coefficient (Wildman–Crippen LogP) is 4.05. The molecule has 0 N–H and O–H groups in total. The van der Waals surface area contributed by atoms with Crippen LogP contribution >= 0.6 is 14.3 Å². The Balaban J connectivity index is 1.75. The van der Waals surface area contributed by atoms with Gasteiger partial charge in [-0.3, -0.25) is 0 Å². The van der Waals surface area contributed by atoms with Crippen molar-refractivity contribution in [3.63, 3.8) is 0 Å². The van der Waals surface area contributed by atoms with Crippen LogP contribution in [0.1, 0.15) is 20.3 Å². The summed E-state index contributed by atoms with van der Waals surface area (Å²) >= 11 is 0. The van der Waals surface area contributed by atoms with E-state index in [9.17, 15) is 0 Å². The summed E-state index contributed by atoms with van der Waals surface area (Å²) in [6.45, 7) is 5.04. The van der Waals surface area contributed by atoms with Gasteiger partial charge in [-0.05, 0) is 0 Å². The van der Waals surface area contributed by atoms with E-state index in [1.165, 1.54) is 6.42 Å². The molecule has 0 unspecified atom stereocenters. The molecule has 0 aliphatic heterocycles. The fourth-order valence-corrected chi connectivity index (χ4v) is 14.0. The van der Waals surface area contributed by atoms with Gasteiger partial charge in [0.1, 0.15) is 0 Å². The van der Waals surface area contributed by atoms with E-state index in [0.717, 1.165) is 0 Å². The second-order valence-electron chi connectivity index (χ2n) is 9.91. The number of benzene rings is 4. The third-order valence-corrected chi connectivity index (χ3v) is 18.7. The Kier molecular flexibility index (Phi) is 7.58. The molecule has 0 heterocycles. The first kappa shape index (κ1) is 24.0. The van der Waals surface area contributed by atoms with Crippen molar-refractivity contribution in [2.45, 2.75) is 31.6 Å². The van der Waals surface area contributed by atoms with Gasteiger partial charge in [0, 0.05) is 0 Å². The fraction of sp³-hybridized carbons (Fsp3) is 0.172. The molecular weight excluding hydrogens is 432 g/mol. The zero-order valence-electron chi connectivity index (χ0n) is 20.4. The van der Waals surface area contributed by atoms with E-state index < -0.39 is 14.3 Å². The van der Waals surface area contributed by atoms with Crippen molar-refractivity contribution in [3.05, 3.63) is 121 Å². The second-order valence-corrected chi connectivity index (χ2v) is 19.0. The van der Waals surface area contributed by atoms with Gasteiger partial charge >= 0.3 is 204 Å². The Morgan fingerprint density at radius 2 is 0.667 bits per heavy atom. The van der Waals surface area contributed by atoms with E-state index >= 15 is 0 Å². The van der Waals surface area contributed by atoms with Gasteiger partial charge in [-0.1, -0.05) is 0 Å². The molecule has 0 aliphatic rings. The monoisotopic (exact) mass is 468 g/mol. The fourth-order valence-electron chi connectivity index (χ4n) is 5.61. The second kappa shape index (κ2) is 10.4. The Bertz CT molecular complexity index is 963. The summed E-state index contributed by atoms with van der Waals surface area (Å²) in [6.07, 6.45) is 1.24. The standard InChI is InChI=1S/C29H36B2P2/c1-24(32(30,26-15-7-3-8-16-26)27-17-9-4-10-18-27)23-25(2)33(31,28-19-11-5-12-20-28)29-21-13-6-14-22-29/h3-22,24-25,32-33H,23,30-31H2,1-2H3/t24-,25-/m0/s1. The normalized spacial score (nSPS) is 14.8. The molecule has 33 heavy (non-hydrogen) atoms. The van der Waals surface area contributed by atoms with Crippen molar-refractivity contribution in [2.24, 2.45) is 0 Å². The third kappa shape index (κ3) is 4.75. The van der Waals surface area contributed by atoms with Crippen molar-refractivity contribution >= 4 is 50.6 Å². The van der Waals surface area contributed by atoms with Gasteiger partial charge in [-0.2, -0.15) is 0 Å². The zero-order chi connectivity index (χ0) is 23.3. The number of hydrogen-bond acceptors (Lipinski definition) is 0. The van der Waals surface area contributed by atoms with Crippen molar-refractivity contribution < 1.29 is 0 Å². The van der Waals surface area contributed by atoms with E-state index in [1.807, 2.05) is 0 Å². The van der Waals surface area contributed by atoms with Gasteiger partial charge in [0.15, 0.2) is 0 Å². The van der Waals surface area contributed by atoms with Crippen molar-refractivity contribution in [1.82, 2.24) is 0 Å². The van der Waals surface area contributed by atoms with Crippen LogP contribution in [0.4, 0.5) is 0 Å². The molecule has 0 bridgehead atoms. The Morgan fingerprint density at radius 1 is 0.455 bits per heavy atom. The van der Waals surface area contributed by atoms with Gasteiger partial charge < -0.3 is 0 Å². The molecular formula is C29H36B2P2. The molecule has 2 atom stereocenters. The molecule has 0 nitrogen and oxygen atoms in total. The van der Waals surface area contributed by atoms with E-state index in [0.29, 0.717) is 11.3 Å². The van der Waals surface area contributed by atoms with Crippen molar-refractivity contribution in [1.29, 1.82) is 0 Å². The van der Waals surface area contributed by atoms with Crippen LogP contribution in [-0.4, -0.2) is 26.4 Å². The van der Waals surface area contributed by atoms with Gasteiger partial charge in [0.05, 0.1) is 0 Å². The molecule has 0 amide bonds. The summed E-state index contributed by atoms with van der Waals surface area (Å²) < 4.78 is 0. The molecule has 0 aliphatic carbocycles. The average Bonchev–Trinajstić information content (AvgIpc) is 2.89. The van der Waals surface area contributed by atoms with Crippen molar-refractivity contribution in [3.8, 4) is 0 Å². The van der Waals surface area contributed by atoms with Crippen LogP contribution in [-0.2, 0) is 0 Å². The maximum absolute atomic E-state index is 2.58. The molecule has 0 spiro atoms. The van der Waals surface area contributed by atoms with E-state index in [-0.39, 0.29) is 0 Å². The first-order valence-corrected chi connectivity index (χ1v) is 17.3. The minimum absolute atomic E-state index is 0.622. The van der Waals surface area contributed by atoms with Crippen molar-refractivity contribution in [2.75, 3.05) is 0 Å². The zero-order valence-corrected chi connectivity index (χ0v) is 22.4. The molecule has 4 rings (SSSR count). The average molecular weight is 468 g/mol. The van der Waals surface area contributed by atoms with Crippen LogP contribution in [0.15, 0.2) is 121 Å². The molecule has 4 heteroatoms. The SMILES string of the molecule is B[PH](c1ccccc1)(c1ccccc1)[C@@H](C)C[C@H](C)[PH](B)(c1ccccc1)c1ccccc1. The summed E-state index contributed by atoms with van der Waals surface area (Å²) in [6, 6.07) is 45.2. The molecule has 0 saturated heterocycles. The van der Waals surface area contributed by atoms with Gasteiger partial charge in [0.2, 0.25) is 0 Å². The van der Waals surface area contributed by atoms with Crippen LogP contribution in [0.2, 0.25) is 0 Å².